The molecular weight excluding hydrogens is 737 g/mol. The summed E-state index contributed by atoms with van der Waals surface area (Å²) in [6.07, 6.45) is 2.99. The van der Waals surface area contributed by atoms with Crippen molar-refractivity contribution in [3.8, 4) is 0 Å². The standard InChI is InChI=1S/C34H32N12O6S2/c1-35-29-41-31(37-23-9-5-3-6-10-23)45-33(43-29)39-25-17-15-21(27(19-25)53-52-51-47)13-14-22-16-18-26(20-28(22)54(48,49)50)40-34-44-30(36-2)42-32(46-34)38-24-11-7-4-8-12-24/h3-20,47H,1-2H3,(H,48,49,50)(H3,35,37,39,41,43,45)(H3,36,38,40,42,44,46)/p-2/b14-13+. The van der Waals surface area contributed by atoms with Gasteiger partial charge in [-0.2, -0.15) is 34.2 Å². The summed E-state index contributed by atoms with van der Waals surface area (Å²) in [6, 6.07) is 27.8. The van der Waals surface area contributed by atoms with Crippen LogP contribution in [0.2, 0.25) is 0 Å². The maximum atomic E-state index is 12.4. The average molecular weight is 767 g/mol. The van der Waals surface area contributed by atoms with Gasteiger partial charge in [0, 0.05) is 41.7 Å². The Morgan fingerprint density at radius 2 is 1.00 bits per heavy atom. The Hall–Kier alpha value is -6.42. The molecule has 0 saturated carbocycles. The van der Waals surface area contributed by atoms with Crippen LogP contribution in [0, 0.1) is 0 Å². The molecule has 54 heavy (non-hydrogen) atoms. The molecule has 0 atom stereocenters. The fourth-order valence-corrected chi connectivity index (χ4v) is 5.98. The monoisotopic (exact) mass is 766 g/mol. The Bertz CT molecular complexity index is 2360. The Morgan fingerprint density at radius 1 is 0.574 bits per heavy atom. The first-order chi connectivity index (χ1) is 26.2. The number of aromatic nitrogens is 6. The quantitative estimate of drug-likeness (QED) is 0.0237. The first kappa shape index (κ1) is 37.3. The fourth-order valence-electron chi connectivity index (χ4n) is 4.78. The molecule has 18 nitrogen and oxygen atoms in total. The van der Waals surface area contributed by atoms with Crippen molar-refractivity contribution < 1.29 is 27.6 Å². The van der Waals surface area contributed by atoms with Crippen molar-refractivity contribution in [3.05, 3.63) is 108 Å². The van der Waals surface area contributed by atoms with E-state index < -0.39 is 15.0 Å². The van der Waals surface area contributed by atoms with Crippen LogP contribution in [0.4, 0.5) is 58.4 Å². The first-order valence-electron chi connectivity index (χ1n) is 15.8. The van der Waals surface area contributed by atoms with E-state index in [1.807, 2.05) is 60.7 Å². The van der Waals surface area contributed by atoms with Crippen molar-refractivity contribution in [1.29, 1.82) is 0 Å². The maximum absolute atomic E-state index is 12.4. The third-order valence-corrected chi connectivity index (χ3v) is 8.73. The number of nitrogens with zero attached hydrogens (tertiary/aromatic N) is 6. The summed E-state index contributed by atoms with van der Waals surface area (Å²) in [5, 5.41) is 32.3. The van der Waals surface area contributed by atoms with Crippen LogP contribution in [0.15, 0.2) is 107 Å². The van der Waals surface area contributed by atoms with Crippen molar-refractivity contribution in [3.63, 3.8) is 0 Å². The zero-order valence-electron chi connectivity index (χ0n) is 28.3. The minimum absolute atomic E-state index is 0.0873. The van der Waals surface area contributed by atoms with Gasteiger partial charge >= 0.3 is 0 Å². The van der Waals surface area contributed by atoms with Crippen LogP contribution in [-0.2, 0) is 19.5 Å². The highest BCUT2D eigenvalue weighted by Crippen LogP contribution is 2.31. The van der Waals surface area contributed by atoms with Crippen LogP contribution in [0.25, 0.3) is 12.2 Å². The Morgan fingerprint density at radius 3 is 1.46 bits per heavy atom. The molecule has 0 bridgehead atoms. The summed E-state index contributed by atoms with van der Waals surface area (Å²) < 4.78 is 41.9. The molecule has 6 aromatic rings. The van der Waals surface area contributed by atoms with E-state index in [4.69, 9.17) is 0 Å². The van der Waals surface area contributed by atoms with Crippen LogP contribution in [-0.4, -0.2) is 57.0 Å². The summed E-state index contributed by atoms with van der Waals surface area (Å²) in [5.74, 6) is 1.34. The SMILES string of the molecule is CNc1nc(Nc2ccccc2)nc(Nc2ccc(/C=C/c3ccc(Nc4nc(NC)nc(Nc5ccccc5)n4)cc3S(=O)(=O)[O-])c(SOO[O-])c2)n1. The Labute approximate surface area is 313 Å². The molecule has 0 radical (unpaired) electrons. The van der Waals surface area contributed by atoms with Crippen molar-refractivity contribution in [2.24, 2.45) is 0 Å². The van der Waals surface area contributed by atoms with Gasteiger partial charge in [0.25, 0.3) is 0 Å². The van der Waals surface area contributed by atoms with Gasteiger partial charge in [0.2, 0.25) is 35.7 Å². The molecule has 4 aromatic carbocycles. The highest BCUT2D eigenvalue weighted by Gasteiger charge is 2.13. The summed E-state index contributed by atoms with van der Waals surface area (Å²) >= 11 is 0.614. The summed E-state index contributed by atoms with van der Waals surface area (Å²) in [5.41, 5.74) is 2.83. The summed E-state index contributed by atoms with van der Waals surface area (Å²) in [7, 11) is -1.65. The third kappa shape index (κ3) is 10.1. The van der Waals surface area contributed by atoms with Crippen molar-refractivity contribution in [2.45, 2.75) is 9.79 Å². The van der Waals surface area contributed by atoms with Gasteiger partial charge in [0.05, 0.1) is 16.9 Å². The lowest BCUT2D eigenvalue weighted by atomic mass is 10.1. The van der Waals surface area contributed by atoms with Crippen molar-refractivity contribution in [2.75, 3.05) is 46.0 Å². The molecule has 0 aliphatic heterocycles. The lowest BCUT2D eigenvalue weighted by Crippen LogP contribution is -2.08. The van der Waals surface area contributed by atoms with Gasteiger partial charge < -0.3 is 41.7 Å². The molecule has 0 aliphatic rings. The zero-order valence-corrected chi connectivity index (χ0v) is 30.0. The fraction of sp³-hybridized carbons (Fsp3) is 0.0588. The number of rotatable bonds is 16. The molecular formula is C34H30N12O6S2-2. The van der Waals surface area contributed by atoms with E-state index in [2.05, 4.69) is 71.2 Å². The molecule has 2 aromatic heterocycles. The molecule has 0 saturated heterocycles. The van der Waals surface area contributed by atoms with Crippen LogP contribution in [0.1, 0.15) is 11.1 Å². The minimum atomic E-state index is -4.96. The van der Waals surface area contributed by atoms with Gasteiger partial charge in [-0.05, 0) is 59.7 Å². The highest BCUT2D eigenvalue weighted by atomic mass is 32.2. The van der Waals surface area contributed by atoms with Crippen LogP contribution in [0.5, 0.6) is 0 Å². The second-order valence-corrected chi connectivity index (χ2v) is 12.9. The largest absolute Gasteiger partial charge is 0.744 e. The summed E-state index contributed by atoms with van der Waals surface area (Å²) in [6.45, 7) is 0. The van der Waals surface area contributed by atoms with Gasteiger partial charge in [0.1, 0.15) is 10.1 Å². The van der Waals surface area contributed by atoms with Gasteiger partial charge in [-0.15, -0.1) is 0 Å². The smallest absolute Gasteiger partial charge is 0.233 e. The summed E-state index contributed by atoms with van der Waals surface area (Å²) in [4.78, 5) is 26.0. The minimum Gasteiger partial charge on any atom is -0.744 e. The van der Waals surface area contributed by atoms with E-state index in [0.29, 0.717) is 34.1 Å². The van der Waals surface area contributed by atoms with Gasteiger partial charge in [-0.25, -0.2) is 8.42 Å². The van der Waals surface area contributed by atoms with Crippen molar-refractivity contribution >= 4 is 92.8 Å². The number of nitrogens with one attached hydrogen (secondary N) is 6. The molecule has 6 N–H and O–H groups in total. The van der Waals surface area contributed by atoms with Crippen LogP contribution < -0.4 is 37.2 Å². The van der Waals surface area contributed by atoms with E-state index in [9.17, 15) is 18.2 Å². The van der Waals surface area contributed by atoms with Crippen LogP contribution >= 0.6 is 12.0 Å². The van der Waals surface area contributed by atoms with E-state index in [-0.39, 0.29) is 41.0 Å². The number of benzene rings is 4. The molecule has 6 rings (SSSR count). The molecule has 0 aliphatic carbocycles. The lowest BCUT2D eigenvalue weighted by molar-refractivity contribution is -0.777. The highest BCUT2D eigenvalue weighted by molar-refractivity contribution is 7.94. The van der Waals surface area contributed by atoms with E-state index in [0.717, 1.165) is 11.4 Å². The molecule has 0 fully saturated rings. The average Bonchev–Trinajstić information content (AvgIpc) is 3.17. The second kappa shape index (κ2) is 17.4. The second-order valence-electron chi connectivity index (χ2n) is 10.9. The molecule has 2 heterocycles. The van der Waals surface area contributed by atoms with Gasteiger partial charge in [0.15, 0.2) is 0 Å². The predicted octanol–water partition coefficient (Wildman–Crippen LogP) is 5.42. The third-order valence-electron chi connectivity index (χ3n) is 7.18. The Kier molecular flexibility index (Phi) is 12.0. The molecule has 0 amide bonds. The number of anilines is 10. The number of hydrogen-bond acceptors (Lipinski definition) is 19. The van der Waals surface area contributed by atoms with E-state index >= 15 is 0 Å². The van der Waals surface area contributed by atoms with Crippen LogP contribution in [0.3, 0.4) is 0 Å². The van der Waals surface area contributed by atoms with Crippen molar-refractivity contribution in [1.82, 2.24) is 29.9 Å². The molecule has 0 unspecified atom stereocenters. The maximum Gasteiger partial charge on any atom is 0.233 e. The topological polar surface area (TPSA) is 248 Å². The lowest BCUT2D eigenvalue weighted by Gasteiger charge is -2.15. The Balaban J connectivity index is 1.24. The van der Waals surface area contributed by atoms with E-state index in [1.54, 1.807) is 44.4 Å². The number of hydrogen-bond donors (Lipinski definition) is 6. The molecule has 20 heteroatoms. The first-order valence-corrected chi connectivity index (χ1v) is 17.9. The molecule has 276 valence electrons. The predicted molar refractivity (Wildman–Crippen MR) is 203 cm³/mol. The van der Waals surface area contributed by atoms with Gasteiger partial charge in [-0.1, -0.05) is 60.7 Å². The van der Waals surface area contributed by atoms with Gasteiger partial charge in [-0.3, -0.25) is 5.04 Å². The van der Waals surface area contributed by atoms with E-state index in [1.165, 1.54) is 18.2 Å². The molecule has 0 spiro atoms. The number of para-hydroxylation sites is 2. The normalized spacial score (nSPS) is 11.3. The zero-order chi connectivity index (χ0) is 37.9.